The Morgan fingerprint density at radius 1 is 1.53 bits per heavy atom. The monoisotopic (exact) mass is 209 g/mol. The lowest BCUT2D eigenvalue weighted by molar-refractivity contribution is 0.199. The number of aryl methyl sites for hydroxylation is 1. The molecular formula is C11H19N3O. The van der Waals surface area contributed by atoms with Crippen molar-refractivity contribution in [3.63, 3.8) is 0 Å². The van der Waals surface area contributed by atoms with Gasteiger partial charge in [-0.05, 0) is 19.0 Å². The van der Waals surface area contributed by atoms with Gasteiger partial charge in [-0.15, -0.1) is 0 Å². The van der Waals surface area contributed by atoms with Gasteiger partial charge in [-0.2, -0.15) is 0 Å². The topological polar surface area (TPSA) is 39.1 Å². The first kappa shape index (κ1) is 11.9. The van der Waals surface area contributed by atoms with Crippen molar-refractivity contribution in [2.75, 3.05) is 26.8 Å². The van der Waals surface area contributed by atoms with Crippen LogP contribution in [0.4, 0.5) is 0 Å². The summed E-state index contributed by atoms with van der Waals surface area (Å²) in [5.41, 5.74) is 0. The van der Waals surface area contributed by atoms with E-state index < -0.39 is 0 Å². The molecule has 0 fully saturated rings. The molecule has 1 N–H and O–H groups in total. The Labute approximate surface area is 91.0 Å². The normalized spacial score (nSPS) is 11.3. The number of rotatable bonds is 7. The highest BCUT2D eigenvalue weighted by Crippen LogP contribution is 1.97. The fourth-order valence-electron chi connectivity index (χ4n) is 1.21. The zero-order valence-electron chi connectivity index (χ0n) is 9.44. The summed E-state index contributed by atoms with van der Waals surface area (Å²) in [6, 6.07) is 0. The molecule has 0 saturated heterocycles. The number of ether oxygens (including phenoxy) is 1. The van der Waals surface area contributed by atoms with Crippen LogP contribution in [0.15, 0.2) is 18.5 Å². The SMILES string of the molecule is COCCNCCC=Cc1nccn1C. The first-order valence-corrected chi connectivity index (χ1v) is 5.18. The Morgan fingerprint density at radius 2 is 2.40 bits per heavy atom. The second-order valence-electron chi connectivity index (χ2n) is 3.33. The van der Waals surface area contributed by atoms with E-state index in [0.717, 1.165) is 31.9 Å². The van der Waals surface area contributed by atoms with Crippen molar-refractivity contribution in [3.05, 3.63) is 24.3 Å². The Hall–Kier alpha value is -1.13. The number of methoxy groups -OCH3 is 1. The lowest BCUT2D eigenvalue weighted by atomic mass is 10.3. The molecular weight excluding hydrogens is 190 g/mol. The third kappa shape index (κ3) is 4.76. The van der Waals surface area contributed by atoms with Crippen LogP contribution < -0.4 is 5.32 Å². The summed E-state index contributed by atoms with van der Waals surface area (Å²) >= 11 is 0. The summed E-state index contributed by atoms with van der Waals surface area (Å²) in [5, 5.41) is 3.28. The quantitative estimate of drug-likeness (QED) is 0.682. The van der Waals surface area contributed by atoms with Crippen LogP contribution in [0.3, 0.4) is 0 Å². The summed E-state index contributed by atoms with van der Waals surface area (Å²) in [4.78, 5) is 4.20. The van der Waals surface area contributed by atoms with E-state index in [1.54, 1.807) is 13.3 Å². The van der Waals surface area contributed by atoms with Crippen molar-refractivity contribution in [1.82, 2.24) is 14.9 Å². The highest BCUT2D eigenvalue weighted by Gasteiger charge is 1.91. The van der Waals surface area contributed by atoms with Crippen LogP contribution in [0.25, 0.3) is 6.08 Å². The van der Waals surface area contributed by atoms with Crippen molar-refractivity contribution >= 4 is 6.08 Å². The van der Waals surface area contributed by atoms with Crippen molar-refractivity contribution in [2.45, 2.75) is 6.42 Å². The van der Waals surface area contributed by atoms with Gasteiger partial charge in [0.1, 0.15) is 5.82 Å². The second kappa shape index (κ2) is 7.20. The molecule has 0 aromatic carbocycles. The number of nitrogens with one attached hydrogen (secondary N) is 1. The van der Waals surface area contributed by atoms with Crippen LogP contribution in [0.2, 0.25) is 0 Å². The number of hydrogen-bond acceptors (Lipinski definition) is 3. The molecule has 0 aliphatic rings. The third-order valence-electron chi connectivity index (χ3n) is 2.10. The molecule has 1 heterocycles. The molecule has 84 valence electrons. The van der Waals surface area contributed by atoms with Crippen LogP contribution in [0.5, 0.6) is 0 Å². The lowest BCUT2D eigenvalue weighted by Gasteiger charge is -2.00. The average molecular weight is 209 g/mol. The number of hydrogen-bond donors (Lipinski definition) is 1. The Kier molecular flexibility index (Phi) is 5.73. The first-order chi connectivity index (χ1) is 7.34. The zero-order valence-corrected chi connectivity index (χ0v) is 9.44. The first-order valence-electron chi connectivity index (χ1n) is 5.18. The van der Waals surface area contributed by atoms with Gasteiger partial charge in [0.15, 0.2) is 0 Å². The molecule has 0 radical (unpaired) electrons. The lowest BCUT2D eigenvalue weighted by Crippen LogP contribution is -2.19. The molecule has 1 aromatic heterocycles. The van der Waals surface area contributed by atoms with E-state index in [4.69, 9.17) is 4.74 Å². The van der Waals surface area contributed by atoms with E-state index in [1.807, 2.05) is 23.9 Å². The van der Waals surface area contributed by atoms with Gasteiger partial charge in [0.2, 0.25) is 0 Å². The molecule has 0 atom stereocenters. The Bertz CT molecular complexity index is 294. The minimum atomic E-state index is 0.767. The fourth-order valence-corrected chi connectivity index (χ4v) is 1.21. The van der Waals surface area contributed by atoms with Gasteiger partial charge < -0.3 is 14.6 Å². The molecule has 1 aromatic rings. The molecule has 1 rings (SSSR count). The van der Waals surface area contributed by atoms with Crippen LogP contribution in [-0.4, -0.2) is 36.4 Å². The Morgan fingerprint density at radius 3 is 3.07 bits per heavy atom. The van der Waals surface area contributed by atoms with E-state index in [1.165, 1.54) is 0 Å². The van der Waals surface area contributed by atoms with Gasteiger partial charge in [0.25, 0.3) is 0 Å². The van der Waals surface area contributed by atoms with E-state index in [2.05, 4.69) is 16.4 Å². The van der Waals surface area contributed by atoms with Gasteiger partial charge in [-0.3, -0.25) is 0 Å². The largest absolute Gasteiger partial charge is 0.383 e. The van der Waals surface area contributed by atoms with Gasteiger partial charge in [0.05, 0.1) is 6.61 Å². The van der Waals surface area contributed by atoms with E-state index >= 15 is 0 Å². The molecule has 0 unspecified atom stereocenters. The molecule has 0 amide bonds. The predicted octanol–water partition coefficient (Wildman–Crippen LogP) is 1.06. The summed E-state index contributed by atoms with van der Waals surface area (Å²) in [5.74, 6) is 0.992. The van der Waals surface area contributed by atoms with E-state index in [-0.39, 0.29) is 0 Å². The van der Waals surface area contributed by atoms with Crippen LogP contribution in [0, 0.1) is 0 Å². The molecule has 0 spiro atoms. The highest BCUT2D eigenvalue weighted by atomic mass is 16.5. The van der Waals surface area contributed by atoms with Crippen molar-refractivity contribution in [1.29, 1.82) is 0 Å². The van der Waals surface area contributed by atoms with Gasteiger partial charge in [-0.1, -0.05) is 6.08 Å². The van der Waals surface area contributed by atoms with E-state index in [0.29, 0.717) is 0 Å². The van der Waals surface area contributed by atoms with Crippen molar-refractivity contribution < 1.29 is 4.74 Å². The highest BCUT2D eigenvalue weighted by molar-refractivity contribution is 5.39. The maximum atomic E-state index is 4.93. The molecule has 0 bridgehead atoms. The van der Waals surface area contributed by atoms with Gasteiger partial charge in [0, 0.05) is 33.1 Å². The minimum absolute atomic E-state index is 0.767. The Balaban J connectivity index is 2.10. The maximum Gasteiger partial charge on any atom is 0.131 e. The molecule has 4 heteroatoms. The van der Waals surface area contributed by atoms with Crippen molar-refractivity contribution in [3.8, 4) is 0 Å². The fraction of sp³-hybridized carbons (Fsp3) is 0.545. The zero-order chi connectivity index (χ0) is 10.9. The van der Waals surface area contributed by atoms with E-state index in [9.17, 15) is 0 Å². The standard InChI is InChI=1S/C11H19N3O/c1-14-9-7-13-11(14)5-3-4-6-12-8-10-15-2/h3,5,7,9,12H,4,6,8,10H2,1-2H3. The van der Waals surface area contributed by atoms with Crippen LogP contribution in [0.1, 0.15) is 12.2 Å². The smallest absolute Gasteiger partial charge is 0.131 e. The summed E-state index contributed by atoms with van der Waals surface area (Å²) < 4.78 is 6.92. The molecule has 15 heavy (non-hydrogen) atoms. The third-order valence-corrected chi connectivity index (χ3v) is 2.10. The predicted molar refractivity (Wildman–Crippen MR) is 61.6 cm³/mol. The van der Waals surface area contributed by atoms with Gasteiger partial charge in [-0.25, -0.2) is 4.98 Å². The van der Waals surface area contributed by atoms with Crippen molar-refractivity contribution in [2.24, 2.45) is 7.05 Å². The number of nitrogens with zero attached hydrogens (tertiary/aromatic N) is 2. The molecule has 0 aliphatic carbocycles. The molecule has 0 saturated carbocycles. The number of aromatic nitrogens is 2. The van der Waals surface area contributed by atoms with Crippen LogP contribution >= 0.6 is 0 Å². The maximum absolute atomic E-state index is 4.93. The molecule has 4 nitrogen and oxygen atoms in total. The van der Waals surface area contributed by atoms with Gasteiger partial charge >= 0.3 is 0 Å². The molecule has 0 aliphatic heterocycles. The summed E-state index contributed by atoms with van der Waals surface area (Å²) in [7, 11) is 3.70. The number of imidazole rings is 1. The second-order valence-corrected chi connectivity index (χ2v) is 3.33. The average Bonchev–Trinajstić information content (AvgIpc) is 2.63. The minimum Gasteiger partial charge on any atom is -0.383 e. The van der Waals surface area contributed by atoms with Crippen LogP contribution in [-0.2, 0) is 11.8 Å². The summed E-state index contributed by atoms with van der Waals surface area (Å²) in [6.07, 6.45) is 8.92. The summed E-state index contributed by atoms with van der Waals surface area (Å²) in [6.45, 7) is 2.65.